The Morgan fingerprint density at radius 1 is 1.29 bits per heavy atom. The Kier molecular flexibility index (Phi) is 7.73. The van der Waals surface area contributed by atoms with E-state index in [1.165, 1.54) is 9.47 Å². The molecule has 31 heavy (non-hydrogen) atoms. The molecular weight excluding hydrogens is 398 g/mol. The number of nitrogens with two attached hydrogens (primary N) is 1. The molecule has 1 aliphatic carbocycles. The largest absolute Gasteiger partial charge is 0.468 e. The van der Waals surface area contributed by atoms with Gasteiger partial charge in [-0.25, -0.2) is 4.79 Å². The average Bonchev–Trinajstić information content (AvgIpc) is 3.44. The molecule has 1 aliphatic rings. The van der Waals surface area contributed by atoms with Crippen molar-refractivity contribution in [1.82, 2.24) is 14.5 Å². The molecule has 1 amide bonds. The van der Waals surface area contributed by atoms with Crippen LogP contribution in [0.1, 0.15) is 58.1 Å². The van der Waals surface area contributed by atoms with Crippen LogP contribution in [0.4, 0.5) is 11.5 Å². The Morgan fingerprint density at radius 2 is 2.03 bits per heavy atom. The fraction of sp³-hybridized carbons (Fsp3) is 0.591. The number of amides is 1. The van der Waals surface area contributed by atoms with Crippen LogP contribution in [0.25, 0.3) is 0 Å². The van der Waals surface area contributed by atoms with Crippen molar-refractivity contribution in [3.63, 3.8) is 0 Å². The number of carbonyl (C=O) groups excluding carboxylic acids is 1. The first-order valence-corrected chi connectivity index (χ1v) is 11.2. The number of nitrogens with zero attached hydrogens (tertiary/aromatic N) is 3. The van der Waals surface area contributed by atoms with Crippen molar-refractivity contribution in [3.05, 3.63) is 45.0 Å². The van der Waals surface area contributed by atoms with E-state index in [-0.39, 0.29) is 30.5 Å². The third-order valence-corrected chi connectivity index (χ3v) is 5.96. The van der Waals surface area contributed by atoms with E-state index in [1.54, 1.807) is 13.2 Å². The van der Waals surface area contributed by atoms with Crippen LogP contribution in [0.3, 0.4) is 0 Å². The second-order valence-corrected chi connectivity index (χ2v) is 8.06. The van der Waals surface area contributed by atoms with Crippen LogP contribution in [0.2, 0.25) is 0 Å². The van der Waals surface area contributed by atoms with Crippen molar-refractivity contribution < 1.29 is 9.21 Å². The van der Waals surface area contributed by atoms with Crippen molar-refractivity contribution in [2.24, 2.45) is 0 Å². The maximum Gasteiger partial charge on any atom is 0.330 e. The Bertz CT molecular complexity index is 973. The minimum Gasteiger partial charge on any atom is -0.468 e. The van der Waals surface area contributed by atoms with E-state index in [4.69, 9.17) is 10.2 Å². The monoisotopic (exact) mass is 431 g/mol. The van der Waals surface area contributed by atoms with Crippen LogP contribution in [0, 0.1) is 0 Å². The number of nitrogen functional groups attached to an aromatic ring is 1. The first-order chi connectivity index (χ1) is 15.0. The summed E-state index contributed by atoms with van der Waals surface area (Å²) in [6.07, 6.45) is 7.59. The fourth-order valence-electron chi connectivity index (χ4n) is 4.28. The number of carbonyl (C=O) groups is 1. The van der Waals surface area contributed by atoms with E-state index in [1.807, 2.05) is 19.1 Å². The van der Waals surface area contributed by atoms with E-state index in [0.717, 1.165) is 44.3 Å². The lowest BCUT2D eigenvalue weighted by Gasteiger charge is -2.30. The van der Waals surface area contributed by atoms with Gasteiger partial charge >= 0.3 is 5.69 Å². The SMILES string of the molecule is CCCCn1c(N)c(N(CC)C(=O)CN(Cc2ccco2)C2CCCC2)c(=O)[nH]c1=O. The van der Waals surface area contributed by atoms with Crippen molar-refractivity contribution >= 4 is 17.4 Å². The number of rotatable bonds is 10. The molecule has 3 rings (SSSR count). The normalized spacial score (nSPS) is 14.4. The zero-order valence-electron chi connectivity index (χ0n) is 18.4. The highest BCUT2D eigenvalue weighted by atomic mass is 16.3. The molecule has 1 fully saturated rings. The van der Waals surface area contributed by atoms with Gasteiger partial charge in [0.1, 0.15) is 11.6 Å². The maximum atomic E-state index is 13.3. The molecule has 2 heterocycles. The number of furan rings is 1. The minimum absolute atomic E-state index is 0.0378. The number of nitrogens with one attached hydrogen (secondary N) is 1. The molecule has 9 nitrogen and oxygen atoms in total. The Labute approximate surface area is 181 Å². The molecule has 0 unspecified atom stereocenters. The molecule has 3 N–H and O–H groups in total. The van der Waals surface area contributed by atoms with E-state index in [9.17, 15) is 14.4 Å². The van der Waals surface area contributed by atoms with Crippen molar-refractivity contribution in [2.45, 2.75) is 71.5 Å². The number of H-pyrrole nitrogens is 1. The Hall–Kier alpha value is -2.81. The third-order valence-electron chi connectivity index (χ3n) is 5.96. The summed E-state index contributed by atoms with van der Waals surface area (Å²) in [6, 6.07) is 4.03. The summed E-state index contributed by atoms with van der Waals surface area (Å²) in [7, 11) is 0. The molecule has 2 aromatic rings. The second kappa shape index (κ2) is 10.5. The van der Waals surface area contributed by atoms with Crippen LogP contribution in [0.15, 0.2) is 32.4 Å². The van der Waals surface area contributed by atoms with E-state index in [0.29, 0.717) is 19.1 Å². The van der Waals surface area contributed by atoms with Gasteiger partial charge in [0.2, 0.25) is 5.91 Å². The number of hydrogen-bond acceptors (Lipinski definition) is 6. The van der Waals surface area contributed by atoms with Gasteiger partial charge in [-0.3, -0.25) is 24.0 Å². The smallest absolute Gasteiger partial charge is 0.330 e. The minimum atomic E-state index is -0.635. The highest BCUT2D eigenvalue weighted by Crippen LogP contribution is 2.26. The molecule has 9 heteroatoms. The Morgan fingerprint density at radius 3 is 2.65 bits per heavy atom. The molecule has 0 bridgehead atoms. The summed E-state index contributed by atoms with van der Waals surface area (Å²) in [6.45, 7) is 5.15. The van der Waals surface area contributed by atoms with Crippen LogP contribution >= 0.6 is 0 Å². The van der Waals surface area contributed by atoms with Gasteiger partial charge in [0.05, 0.1) is 19.4 Å². The topological polar surface area (TPSA) is 118 Å². The first kappa shape index (κ1) is 22.9. The van der Waals surface area contributed by atoms with Gasteiger partial charge in [0, 0.05) is 19.1 Å². The van der Waals surface area contributed by atoms with E-state index in [2.05, 4.69) is 9.88 Å². The van der Waals surface area contributed by atoms with Gasteiger partial charge < -0.3 is 15.1 Å². The molecule has 0 aromatic carbocycles. The lowest BCUT2D eigenvalue weighted by Crippen LogP contribution is -2.46. The zero-order chi connectivity index (χ0) is 22.4. The standard InChI is InChI=1S/C22H33N5O4/c1-3-5-12-27-20(23)19(21(29)24-22(27)30)26(4-2)18(28)15-25(16-9-6-7-10-16)14-17-11-8-13-31-17/h8,11,13,16H,3-7,9-10,12,14-15,23H2,1-2H3,(H,24,29,30). The summed E-state index contributed by atoms with van der Waals surface area (Å²) in [5, 5.41) is 0. The molecule has 2 aromatic heterocycles. The lowest BCUT2D eigenvalue weighted by molar-refractivity contribution is -0.120. The number of unbranched alkanes of at least 4 members (excludes halogenated alkanes) is 1. The van der Waals surface area contributed by atoms with Gasteiger partial charge in [0.15, 0.2) is 5.69 Å². The van der Waals surface area contributed by atoms with Gasteiger partial charge in [-0.1, -0.05) is 26.2 Å². The molecule has 0 aliphatic heterocycles. The summed E-state index contributed by atoms with van der Waals surface area (Å²) >= 11 is 0. The van der Waals surface area contributed by atoms with E-state index < -0.39 is 11.2 Å². The van der Waals surface area contributed by atoms with E-state index >= 15 is 0 Å². The van der Waals surface area contributed by atoms with Crippen molar-refractivity contribution in [2.75, 3.05) is 23.7 Å². The van der Waals surface area contributed by atoms with Crippen molar-refractivity contribution in [3.8, 4) is 0 Å². The van der Waals surface area contributed by atoms with Gasteiger partial charge in [-0.15, -0.1) is 0 Å². The van der Waals surface area contributed by atoms with Crippen molar-refractivity contribution in [1.29, 1.82) is 0 Å². The molecule has 0 saturated heterocycles. The molecule has 0 atom stereocenters. The molecule has 1 saturated carbocycles. The highest BCUT2D eigenvalue weighted by molar-refractivity contribution is 5.96. The second-order valence-electron chi connectivity index (χ2n) is 8.06. The van der Waals surface area contributed by atoms with Crippen LogP contribution in [-0.2, 0) is 17.9 Å². The molecule has 0 spiro atoms. The summed E-state index contributed by atoms with van der Waals surface area (Å²) < 4.78 is 6.84. The first-order valence-electron chi connectivity index (χ1n) is 11.2. The predicted octanol–water partition coefficient (Wildman–Crippen LogP) is 2.31. The lowest BCUT2D eigenvalue weighted by atomic mass is 10.2. The molecule has 170 valence electrons. The average molecular weight is 432 g/mol. The predicted molar refractivity (Wildman–Crippen MR) is 120 cm³/mol. The van der Waals surface area contributed by atoms with Gasteiger partial charge in [-0.05, 0) is 38.3 Å². The number of aromatic amines is 1. The van der Waals surface area contributed by atoms with Crippen LogP contribution in [0.5, 0.6) is 0 Å². The summed E-state index contributed by atoms with van der Waals surface area (Å²) in [4.78, 5) is 44.0. The quantitative estimate of drug-likeness (QED) is 0.596. The molecule has 0 radical (unpaired) electrons. The summed E-state index contributed by atoms with van der Waals surface area (Å²) in [5.41, 5.74) is 5.09. The van der Waals surface area contributed by atoms with Gasteiger partial charge in [0.25, 0.3) is 5.56 Å². The van der Waals surface area contributed by atoms with Crippen LogP contribution in [-0.4, -0.2) is 39.5 Å². The third kappa shape index (κ3) is 5.28. The fourth-order valence-corrected chi connectivity index (χ4v) is 4.28. The summed E-state index contributed by atoms with van der Waals surface area (Å²) in [5.74, 6) is 0.614. The maximum absolute atomic E-state index is 13.3. The van der Waals surface area contributed by atoms with Gasteiger partial charge in [-0.2, -0.15) is 0 Å². The molecular formula is C22H33N5O4. The number of anilines is 2. The number of hydrogen-bond donors (Lipinski definition) is 2. The highest BCUT2D eigenvalue weighted by Gasteiger charge is 2.29. The Balaban J connectivity index is 1.87. The number of aromatic nitrogens is 2. The number of likely N-dealkylation sites (N-methyl/N-ethyl adjacent to an activating group) is 1. The van der Waals surface area contributed by atoms with Crippen LogP contribution < -0.4 is 21.9 Å². The zero-order valence-corrected chi connectivity index (χ0v) is 18.4.